The first-order valence-electron chi connectivity index (χ1n) is 9.70. The molecule has 3 aromatic heterocycles. The summed E-state index contributed by atoms with van der Waals surface area (Å²) in [5.41, 5.74) is 1.98. The van der Waals surface area contributed by atoms with Gasteiger partial charge in [-0.25, -0.2) is 4.98 Å². The molecule has 0 fully saturated rings. The van der Waals surface area contributed by atoms with Crippen molar-refractivity contribution < 1.29 is 19.7 Å². The average molecular weight is 443 g/mol. The molecule has 0 aliphatic carbocycles. The SMILES string of the molecule is COc1ccc2nc(-n3c(O)c(O)c(C(=O)c4cccnc4)c3-c3ccccc3)sc2c1. The molecule has 0 saturated carbocycles. The van der Waals surface area contributed by atoms with Crippen molar-refractivity contribution in [3.63, 3.8) is 0 Å². The van der Waals surface area contributed by atoms with Crippen LogP contribution in [0.3, 0.4) is 0 Å². The third-order valence-electron chi connectivity index (χ3n) is 5.09. The summed E-state index contributed by atoms with van der Waals surface area (Å²) in [5.74, 6) is -0.731. The van der Waals surface area contributed by atoms with Crippen LogP contribution in [-0.2, 0) is 0 Å². The quantitative estimate of drug-likeness (QED) is 0.379. The molecule has 0 aliphatic rings. The molecule has 0 saturated heterocycles. The van der Waals surface area contributed by atoms with Gasteiger partial charge in [-0.3, -0.25) is 14.3 Å². The number of rotatable bonds is 5. The van der Waals surface area contributed by atoms with E-state index in [4.69, 9.17) is 4.74 Å². The van der Waals surface area contributed by atoms with Crippen molar-refractivity contribution in [2.24, 2.45) is 0 Å². The first-order valence-corrected chi connectivity index (χ1v) is 10.5. The largest absolute Gasteiger partial charge is 0.503 e. The standard InChI is InChI=1S/C24H17N3O4S/c1-31-16-9-10-17-18(12-16)32-24(26-17)27-20(14-6-3-2-4-7-14)19(22(29)23(27)30)21(28)15-8-5-11-25-13-15/h2-13,29-30H,1H3. The van der Waals surface area contributed by atoms with E-state index >= 15 is 0 Å². The fourth-order valence-corrected chi connectivity index (χ4v) is 4.58. The predicted molar refractivity (Wildman–Crippen MR) is 122 cm³/mol. The van der Waals surface area contributed by atoms with E-state index in [-0.39, 0.29) is 5.56 Å². The van der Waals surface area contributed by atoms with Gasteiger partial charge in [0.1, 0.15) is 5.75 Å². The summed E-state index contributed by atoms with van der Waals surface area (Å²) in [7, 11) is 1.59. The van der Waals surface area contributed by atoms with E-state index < -0.39 is 17.4 Å². The molecule has 2 aromatic carbocycles. The fourth-order valence-electron chi connectivity index (χ4n) is 3.58. The molecule has 3 heterocycles. The van der Waals surface area contributed by atoms with Crippen LogP contribution >= 0.6 is 11.3 Å². The van der Waals surface area contributed by atoms with Gasteiger partial charge < -0.3 is 14.9 Å². The summed E-state index contributed by atoms with van der Waals surface area (Å²) < 4.78 is 7.54. The Morgan fingerprint density at radius 2 is 1.88 bits per heavy atom. The lowest BCUT2D eigenvalue weighted by atomic mass is 10.0. The van der Waals surface area contributed by atoms with Gasteiger partial charge in [0.15, 0.2) is 10.9 Å². The van der Waals surface area contributed by atoms with E-state index in [1.54, 1.807) is 43.6 Å². The van der Waals surface area contributed by atoms with E-state index in [0.717, 1.165) is 4.70 Å². The van der Waals surface area contributed by atoms with Gasteiger partial charge in [0.25, 0.3) is 0 Å². The molecule has 8 heteroatoms. The highest BCUT2D eigenvalue weighted by Gasteiger charge is 2.31. The number of carbonyl (C=O) groups is 1. The van der Waals surface area contributed by atoms with Crippen molar-refractivity contribution in [1.82, 2.24) is 14.5 Å². The molecule has 7 nitrogen and oxygen atoms in total. The number of fused-ring (bicyclic) bond motifs is 1. The average Bonchev–Trinajstić information content (AvgIpc) is 3.37. The summed E-state index contributed by atoms with van der Waals surface area (Å²) in [4.78, 5) is 22.0. The molecule has 0 unspecified atom stereocenters. The third kappa shape index (κ3) is 3.17. The number of thiazole rings is 1. The molecule has 158 valence electrons. The van der Waals surface area contributed by atoms with Crippen LogP contribution in [0.2, 0.25) is 0 Å². The summed E-state index contributed by atoms with van der Waals surface area (Å²) >= 11 is 1.31. The lowest BCUT2D eigenvalue weighted by Crippen LogP contribution is -2.05. The zero-order valence-electron chi connectivity index (χ0n) is 16.9. The number of nitrogens with zero attached hydrogens (tertiary/aromatic N) is 3. The Kier molecular flexibility index (Phi) is 4.84. The van der Waals surface area contributed by atoms with Gasteiger partial charge in [0, 0.05) is 18.0 Å². The highest BCUT2D eigenvalue weighted by molar-refractivity contribution is 7.20. The van der Waals surface area contributed by atoms with E-state index in [1.165, 1.54) is 22.1 Å². The maximum atomic E-state index is 13.4. The number of hydrogen-bond acceptors (Lipinski definition) is 7. The second-order valence-corrected chi connectivity index (χ2v) is 8.01. The second-order valence-electron chi connectivity index (χ2n) is 7.00. The van der Waals surface area contributed by atoms with E-state index in [1.807, 2.05) is 30.3 Å². The van der Waals surface area contributed by atoms with Crippen molar-refractivity contribution in [3.8, 4) is 33.8 Å². The number of aromatic nitrogens is 3. The number of benzene rings is 2. The molecule has 2 N–H and O–H groups in total. The van der Waals surface area contributed by atoms with E-state index in [0.29, 0.717) is 33.2 Å². The van der Waals surface area contributed by atoms with Crippen LogP contribution in [0.5, 0.6) is 17.4 Å². The number of methoxy groups -OCH3 is 1. The minimum Gasteiger partial charge on any atom is -0.503 e. The molecule has 0 spiro atoms. The normalized spacial score (nSPS) is 11.0. The zero-order chi connectivity index (χ0) is 22.2. The Bertz CT molecular complexity index is 1440. The number of carbonyl (C=O) groups excluding carboxylic acids is 1. The lowest BCUT2D eigenvalue weighted by Gasteiger charge is -2.09. The van der Waals surface area contributed by atoms with Gasteiger partial charge >= 0.3 is 0 Å². The van der Waals surface area contributed by atoms with Crippen molar-refractivity contribution in [3.05, 3.63) is 84.2 Å². The summed E-state index contributed by atoms with van der Waals surface area (Å²) in [6.45, 7) is 0. The Morgan fingerprint density at radius 3 is 2.59 bits per heavy atom. The summed E-state index contributed by atoms with van der Waals surface area (Å²) in [6.07, 6.45) is 2.99. The molecular formula is C24H17N3O4S. The lowest BCUT2D eigenvalue weighted by molar-refractivity contribution is 0.103. The first-order chi connectivity index (χ1) is 15.6. The van der Waals surface area contributed by atoms with Crippen molar-refractivity contribution in [2.45, 2.75) is 0 Å². The van der Waals surface area contributed by atoms with Gasteiger partial charge in [-0.05, 0) is 35.9 Å². The highest BCUT2D eigenvalue weighted by Crippen LogP contribution is 2.45. The van der Waals surface area contributed by atoms with Gasteiger partial charge in [-0.2, -0.15) is 0 Å². The summed E-state index contributed by atoms with van der Waals surface area (Å²) in [5, 5.41) is 22.2. The minimum absolute atomic E-state index is 0.0152. The molecular weight excluding hydrogens is 426 g/mol. The smallest absolute Gasteiger partial charge is 0.242 e. The van der Waals surface area contributed by atoms with Gasteiger partial charge in [-0.15, -0.1) is 0 Å². The number of ether oxygens (including phenoxy) is 1. The number of aromatic hydroxyl groups is 2. The Hall–Kier alpha value is -4.17. The van der Waals surface area contributed by atoms with Crippen LogP contribution in [0.4, 0.5) is 0 Å². The molecule has 5 aromatic rings. The number of pyridine rings is 1. The predicted octanol–water partition coefficient (Wildman–Crippen LogP) is 4.80. The zero-order valence-corrected chi connectivity index (χ0v) is 17.7. The molecule has 0 atom stereocenters. The van der Waals surface area contributed by atoms with Crippen molar-refractivity contribution in [1.29, 1.82) is 0 Å². The van der Waals surface area contributed by atoms with Crippen molar-refractivity contribution >= 4 is 27.3 Å². The Labute approximate surface area is 186 Å². The molecule has 32 heavy (non-hydrogen) atoms. The molecule has 5 rings (SSSR count). The van der Waals surface area contributed by atoms with E-state index in [2.05, 4.69) is 9.97 Å². The summed E-state index contributed by atoms with van der Waals surface area (Å²) in [6, 6.07) is 17.8. The number of hydrogen-bond donors (Lipinski definition) is 2. The van der Waals surface area contributed by atoms with Gasteiger partial charge in [-0.1, -0.05) is 41.7 Å². The molecule has 0 aliphatic heterocycles. The van der Waals surface area contributed by atoms with Gasteiger partial charge in [0.2, 0.25) is 11.7 Å². The fraction of sp³-hybridized carbons (Fsp3) is 0.0417. The molecule has 0 amide bonds. The molecule has 0 bridgehead atoms. The van der Waals surface area contributed by atoms with Crippen LogP contribution in [0.1, 0.15) is 15.9 Å². The van der Waals surface area contributed by atoms with E-state index in [9.17, 15) is 15.0 Å². The Balaban J connectivity index is 1.79. The maximum Gasteiger partial charge on any atom is 0.242 e. The van der Waals surface area contributed by atoms with Crippen LogP contribution in [0.25, 0.3) is 26.6 Å². The molecule has 0 radical (unpaired) electrons. The van der Waals surface area contributed by atoms with Crippen LogP contribution in [0.15, 0.2) is 73.1 Å². The second kappa shape index (κ2) is 7.82. The van der Waals surface area contributed by atoms with Crippen LogP contribution < -0.4 is 4.74 Å². The third-order valence-corrected chi connectivity index (χ3v) is 6.10. The first kappa shape index (κ1) is 19.8. The number of ketones is 1. The minimum atomic E-state index is -0.505. The van der Waals surface area contributed by atoms with Crippen LogP contribution in [-0.4, -0.2) is 37.6 Å². The van der Waals surface area contributed by atoms with Crippen LogP contribution in [0, 0.1) is 0 Å². The Morgan fingerprint density at radius 1 is 1.06 bits per heavy atom. The maximum absolute atomic E-state index is 13.4. The highest BCUT2D eigenvalue weighted by atomic mass is 32.1. The van der Waals surface area contributed by atoms with Gasteiger partial charge in [0.05, 0.1) is 28.6 Å². The monoisotopic (exact) mass is 443 g/mol. The van der Waals surface area contributed by atoms with Crippen molar-refractivity contribution in [2.75, 3.05) is 7.11 Å². The topological polar surface area (TPSA) is 97.5 Å².